The Kier molecular flexibility index (Phi) is 6.77. The molecule has 0 unspecified atom stereocenters. The minimum atomic E-state index is -3.87. The number of nitro benzene ring substituents is 1. The van der Waals surface area contributed by atoms with Gasteiger partial charge in [0, 0.05) is 25.7 Å². The summed E-state index contributed by atoms with van der Waals surface area (Å²) in [5, 5.41) is 20.2. The zero-order valence-corrected chi connectivity index (χ0v) is 16.2. The molecule has 0 radical (unpaired) electrons. The monoisotopic (exact) mass is 399 g/mol. The number of nitrogens with zero attached hydrogens (tertiary/aromatic N) is 2. The highest BCUT2D eigenvalue weighted by molar-refractivity contribution is 7.89. The van der Waals surface area contributed by atoms with Gasteiger partial charge in [-0.2, -0.15) is 0 Å². The van der Waals surface area contributed by atoms with E-state index in [4.69, 9.17) is 5.11 Å². The topological polar surface area (TPSA) is 130 Å². The van der Waals surface area contributed by atoms with E-state index in [-0.39, 0.29) is 35.3 Å². The zero-order valence-electron chi connectivity index (χ0n) is 15.4. The number of hydrogen-bond donors (Lipinski definition) is 2. The number of carboxylic acid groups (broad SMARTS) is 1. The summed E-state index contributed by atoms with van der Waals surface area (Å²) in [6.45, 7) is 2.20. The Hall–Kier alpha value is -2.20. The average molecular weight is 399 g/mol. The Bertz CT molecular complexity index is 803. The van der Waals surface area contributed by atoms with Crippen molar-refractivity contribution in [1.82, 2.24) is 4.72 Å². The maximum absolute atomic E-state index is 12.6. The summed E-state index contributed by atoms with van der Waals surface area (Å²) in [4.78, 5) is 22.7. The van der Waals surface area contributed by atoms with Crippen LogP contribution in [0.1, 0.15) is 39.0 Å². The minimum absolute atomic E-state index is 0.0702. The normalized spacial score (nSPS) is 20.2. The van der Waals surface area contributed by atoms with Crippen LogP contribution in [0.4, 0.5) is 11.4 Å². The number of rotatable bonds is 8. The van der Waals surface area contributed by atoms with Crippen molar-refractivity contribution in [2.24, 2.45) is 5.92 Å². The molecule has 2 N–H and O–H groups in total. The molecule has 0 atom stereocenters. The predicted octanol–water partition coefficient (Wildman–Crippen LogP) is 2.36. The van der Waals surface area contributed by atoms with E-state index in [9.17, 15) is 23.3 Å². The molecular formula is C17H25N3O6S. The van der Waals surface area contributed by atoms with Crippen LogP contribution in [0.2, 0.25) is 0 Å². The van der Waals surface area contributed by atoms with E-state index in [1.54, 1.807) is 0 Å². The fourth-order valence-corrected chi connectivity index (χ4v) is 4.51. The molecule has 9 nitrogen and oxygen atoms in total. The standard InChI is InChI=1S/C17H25N3O6S/c1-12-3-5-13(6-4-12)18-27(25,26)14-7-8-15(16(11-14)20(23)24)19(2)10-9-17(21)22/h7-8,11-13,18H,3-6,9-10H2,1-2H3,(H,21,22). The third kappa shape index (κ3) is 5.64. The van der Waals surface area contributed by atoms with Gasteiger partial charge in [0.25, 0.3) is 5.69 Å². The van der Waals surface area contributed by atoms with Crippen LogP contribution in [0.15, 0.2) is 23.1 Å². The molecule has 0 aromatic heterocycles. The van der Waals surface area contributed by atoms with E-state index >= 15 is 0 Å². The highest BCUT2D eigenvalue weighted by Gasteiger charge is 2.27. The molecule has 1 aliphatic carbocycles. The first-order valence-corrected chi connectivity index (χ1v) is 10.3. The Morgan fingerprint density at radius 2 is 1.96 bits per heavy atom. The fraction of sp³-hybridized carbons (Fsp3) is 0.588. The summed E-state index contributed by atoms with van der Waals surface area (Å²) < 4.78 is 27.9. The number of nitro groups is 1. The summed E-state index contributed by atoms with van der Waals surface area (Å²) in [5.74, 6) is -0.442. The van der Waals surface area contributed by atoms with Gasteiger partial charge in [0.05, 0.1) is 16.2 Å². The summed E-state index contributed by atoms with van der Waals surface area (Å²) in [6.07, 6.45) is 3.20. The number of sulfonamides is 1. The molecule has 2 rings (SSSR count). The molecule has 10 heteroatoms. The van der Waals surface area contributed by atoms with E-state index in [1.807, 2.05) is 0 Å². The predicted molar refractivity (Wildman–Crippen MR) is 100 cm³/mol. The van der Waals surface area contributed by atoms with Gasteiger partial charge in [-0.3, -0.25) is 14.9 Å². The van der Waals surface area contributed by atoms with E-state index in [0.29, 0.717) is 5.92 Å². The number of hydrogen-bond acceptors (Lipinski definition) is 6. The number of anilines is 1. The number of carboxylic acids is 1. The van der Waals surface area contributed by atoms with Crippen LogP contribution in [0, 0.1) is 16.0 Å². The Balaban J connectivity index is 2.23. The molecule has 1 saturated carbocycles. The highest BCUT2D eigenvalue weighted by atomic mass is 32.2. The maximum atomic E-state index is 12.6. The number of aliphatic carboxylic acids is 1. The van der Waals surface area contributed by atoms with Gasteiger partial charge in [0.1, 0.15) is 5.69 Å². The molecule has 0 amide bonds. The summed E-state index contributed by atoms with van der Waals surface area (Å²) in [6, 6.07) is 3.52. The van der Waals surface area contributed by atoms with Gasteiger partial charge in [-0.1, -0.05) is 6.92 Å². The van der Waals surface area contributed by atoms with Crippen molar-refractivity contribution in [3.63, 3.8) is 0 Å². The summed E-state index contributed by atoms with van der Waals surface area (Å²) in [7, 11) is -2.34. The molecule has 0 aliphatic heterocycles. The van der Waals surface area contributed by atoms with Crippen molar-refractivity contribution in [2.45, 2.75) is 50.0 Å². The largest absolute Gasteiger partial charge is 0.481 e. The lowest BCUT2D eigenvalue weighted by molar-refractivity contribution is -0.384. The van der Waals surface area contributed by atoms with Gasteiger partial charge in [-0.25, -0.2) is 13.1 Å². The lowest BCUT2D eigenvalue weighted by atomic mass is 9.88. The molecule has 1 fully saturated rings. The van der Waals surface area contributed by atoms with Crippen molar-refractivity contribution in [3.8, 4) is 0 Å². The zero-order chi connectivity index (χ0) is 20.2. The van der Waals surface area contributed by atoms with Crippen LogP contribution in [0.25, 0.3) is 0 Å². The highest BCUT2D eigenvalue weighted by Crippen LogP contribution is 2.31. The number of benzene rings is 1. The lowest BCUT2D eigenvalue weighted by Gasteiger charge is -2.26. The smallest absolute Gasteiger partial charge is 0.305 e. The van der Waals surface area contributed by atoms with Crippen LogP contribution in [-0.2, 0) is 14.8 Å². The van der Waals surface area contributed by atoms with Crippen molar-refractivity contribution < 1.29 is 23.2 Å². The second-order valence-corrected chi connectivity index (χ2v) is 8.76. The first-order valence-electron chi connectivity index (χ1n) is 8.84. The third-order valence-electron chi connectivity index (χ3n) is 4.86. The van der Waals surface area contributed by atoms with E-state index in [2.05, 4.69) is 11.6 Å². The van der Waals surface area contributed by atoms with Gasteiger partial charge >= 0.3 is 5.97 Å². The van der Waals surface area contributed by atoms with Crippen molar-refractivity contribution in [1.29, 1.82) is 0 Å². The minimum Gasteiger partial charge on any atom is -0.481 e. The maximum Gasteiger partial charge on any atom is 0.305 e. The quantitative estimate of drug-likeness (QED) is 0.507. The molecular weight excluding hydrogens is 374 g/mol. The van der Waals surface area contributed by atoms with E-state index in [0.717, 1.165) is 31.7 Å². The first-order chi connectivity index (χ1) is 12.6. The summed E-state index contributed by atoms with van der Waals surface area (Å²) >= 11 is 0. The van der Waals surface area contributed by atoms with Crippen LogP contribution in [-0.4, -0.2) is 44.1 Å². The molecule has 0 saturated heterocycles. The average Bonchev–Trinajstić information content (AvgIpc) is 2.60. The lowest BCUT2D eigenvalue weighted by Crippen LogP contribution is -2.37. The first kappa shape index (κ1) is 21.1. The van der Waals surface area contributed by atoms with E-state index < -0.39 is 20.9 Å². The van der Waals surface area contributed by atoms with Crippen molar-refractivity contribution in [3.05, 3.63) is 28.3 Å². The SMILES string of the molecule is CC1CCC(NS(=O)(=O)c2ccc(N(C)CCC(=O)O)c([N+](=O)[O-])c2)CC1. The van der Waals surface area contributed by atoms with Crippen LogP contribution < -0.4 is 9.62 Å². The summed E-state index contributed by atoms with van der Waals surface area (Å²) in [5.41, 5.74) is -0.199. The van der Waals surface area contributed by atoms with Crippen LogP contribution in [0.3, 0.4) is 0 Å². The van der Waals surface area contributed by atoms with Gasteiger partial charge in [0.2, 0.25) is 10.0 Å². The molecule has 27 heavy (non-hydrogen) atoms. The Morgan fingerprint density at radius 3 is 2.52 bits per heavy atom. The van der Waals surface area contributed by atoms with Gasteiger partial charge in [0.15, 0.2) is 0 Å². The molecule has 1 aromatic rings. The second-order valence-electron chi connectivity index (χ2n) is 7.05. The molecule has 0 bridgehead atoms. The molecule has 1 aromatic carbocycles. The Morgan fingerprint density at radius 1 is 1.33 bits per heavy atom. The third-order valence-corrected chi connectivity index (χ3v) is 6.38. The van der Waals surface area contributed by atoms with Crippen LogP contribution in [0.5, 0.6) is 0 Å². The van der Waals surface area contributed by atoms with Gasteiger partial charge in [-0.05, 0) is 43.7 Å². The van der Waals surface area contributed by atoms with Crippen LogP contribution >= 0.6 is 0 Å². The molecule has 1 aliphatic rings. The second kappa shape index (κ2) is 8.66. The van der Waals surface area contributed by atoms with Crippen molar-refractivity contribution >= 4 is 27.4 Å². The Labute approximate surface area is 158 Å². The van der Waals surface area contributed by atoms with Crippen molar-refractivity contribution in [2.75, 3.05) is 18.5 Å². The van der Waals surface area contributed by atoms with Gasteiger partial charge < -0.3 is 10.0 Å². The molecule has 0 spiro atoms. The van der Waals surface area contributed by atoms with E-state index in [1.165, 1.54) is 24.1 Å². The number of carbonyl (C=O) groups is 1. The number of nitrogens with one attached hydrogen (secondary N) is 1. The molecule has 150 valence electrons. The van der Waals surface area contributed by atoms with Gasteiger partial charge in [-0.15, -0.1) is 0 Å². The fourth-order valence-electron chi connectivity index (χ4n) is 3.19. The molecule has 0 heterocycles.